The minimum Gasteiger partial charge on any atom is -0.315 e. The van der Waals surface area contributed by atoms with E-state index in [2.05, 4.69) is 31.0 Å². The van der Waals surface area contributed by atoms with Gasteiger partial charge in [-0.3, -0.25) is 4.90 Å². The molecular formula is C11H24N2. The average molecular weight is 184 g/mol. The third-order valence-corrected chi connectivity index (χ3v) is 2.81. The van der Waals surface area contributed by atoms with Crippen LogP contribution >= 0.6 is 0 Å². The van der Waals surface area contributed by atoms with Crippen LogP contribution in [0.15, 0.2) is 0 Å². The maximum Gasteiger partial charge on any atom is 0.0110 e. The quantitative estimate of drug-likeness (QED) is 0.718. The Balaban J connectivity index is 2.30. The molecule has 1 N–H and O–H groups in total. The van der Waals surface area contributed by atoms with Gasteiger partial charge in [0, 0.05) is 19.1 Å². The third-order valence-electron chi connectivity index (χ3n) is 2.81. The van der Waals surface area contributed by atoms with Crippen molar-refractivity contribution in [1.29, 1.82) is 0 Å². The molecule has 0 aromatic heterocycles. The minimum atomic E-state index is 0.764. The predicted molar refractivity (Wildman–Crippen MR) is 58.0 cm³/mol. The van der Waals surface area contributed by atoms with Crippen molar-refractivity contribution in [3.63, 3.8) is 0 Å². The number of nitrogens with zero attached hydrogens (tertiary/aromatic N) is 1. The molecule has 13 heavy (non-hydrogen) atoms. The van der Waals surface area contributed by atoms with Crippen LogP contribution in [0.25, 0.3) is 0 Å². The molecule has 1 fully saturated rings. The summed E-state index contributed by atoms with van der Waals surface area (Å²) < 4.78 is 0. The number of hydrogen-bond donors (Lipinski definition) is 1. The van der Waals surface area contributed by atoms with E-state index in [4.69, 9.17) is 0 Å². The maximum atomic E-state index is 3.44. The molecule has 1 unspecified atom stereocenters. The Morgan fingerprint density at radius 2 is 1.92 bits per heavy atom. The molecule has 0 saturated carbocycles. The Hall–Kier alpha value is -0.0800. The average Bonchev–Trinajstić information content (AvgIpc) is 2.29. The van der Waals surface area contributed by atoms with Gasteiger partial charge in [-0.25, -0.2) is 0 Å². The van der Waals surface area contributed by atoms with Crippen LogP contribution in [0.2, 0.25) is 0 Å². The summed E-state index contributed by atoms with van der Waals surface area (Å²) in [4.78, 5) is 2.62. The Kier molecular flexibility index (Phi) is 4.74. The molecular weight excluding hydrogens is 160 g/mol. The van der Waals surface area contributed by atoms with Crippen LogP contribution in [-0.4, -0.2) is 37.1 Å². The number of hydrogen-bond acceptors (Lipinski definition) is 2. The first-order valence-corrected chi connectivity index (χ1v) is 5.65. The highest BCUT2D eigenvalue weighted by atomic mass is 15.2. The summed E-state index contributed by atoms with van der Waals surface area (Å²) in [5.74, 6) is 0.825. The lowest BCUT2D eigenvalue weighted by atomic mass is 10.0. The van der Waals surface area contributed by atoms with Gasteiger partial charge in [0.05, 0.1) is 0 Å². The van der Waals surface area contributed by atoms with Crippen LogP contribution in [0.5, 0.6) is 0 Å². The fraction of sp³-hybridized carbons (Fsp3) is 1.00. The zero-order valence-electron chi connectivity index (χ0n) is 9.34. The van der Waals surface area contributed by atoms with Crippen molar-refractivity contribution in [2.45, 2.75) is 39.7 Å². The second kappa shape index (κ2) is 5.61. The molecule has 1 rings (SSSR count). The topological polar surface area (TPSA) is 15.3 Å². The van der Waals surface area contributed by atoms with Crippen LogP contribution in [0.3, 0.4) is 0 Å². The van der Waals surface area contributed by atoms with E-state index in [-0.39, 0.29) is 0 Å². The fourth-order valence-electron chi connectivity index (χ4n) is 2.14. The van der Waals surface area contributed by atoms with Crippen LogP contribution in [0, 0.1) is 5.92 Å². The van der Waals surface area contributed by atoms with Gasteiger partial charge in [0.15, 0.2) is 0 Å². The molecule has 1 atom stereocenters. The van der Waals surface area contributed by atoms with Crippen molar-refractivity contribution in [3.8, 4) is 0 Å². The van der Waals surface area contributed by atoms with Gasteiger partial charge >= 0.3 is 0 Å². The highest BCUT2D eigenvalue weighted by Gasteiger charge is 2.15. The first-order chi connectivity index (χ1) is 6.20. The van der Waals surface area contributed by atoms with Crippen molar-refractivity contribution in [2.24, 2.45) is 5.92 Å². The molecule has 1 saturated heterocycles. The summed E-state index contributed by atoms with van der Waals surface area (Å²) in [6.45, 7) is 11.9. The van der Waals surface area contributed by atoms with E-state index in [1.807, 2.05) is 0 Å². The van der Waals surface area contributed by atoms with Gasteiger partial charge < -0.3 is 5.32 Å². The van der Waals surface area contributed by atoms with Crippen LogP contribution in [0.4, 0.5) is 0 Å². The lowest BCUT2D eigenvalue weighted by molar-refractivity contribution is 0.198. The van der Waals surface area contributed by atoms with Crippen molar-refractivity contribution in [1.82, 2.24) is 10.2 Å². The monoisotopic (exact) mass is 184 g/mol. The molecule has 0 amide bonds. The molecule has 0 bridgehead atoms. The Labute approximate surface area is 82.7 Å². The molecule has 78 valence electrons. The normalized spacial score (nSPS) is 23.1. The van der Waals surface area contributed by atoms with Crippen LogP contribution in [-0.2, 0) is 0 Å². The van der Waals surface area contributed by atoms with E-state index in [1.165, 1.54) is 39.0 Å². The summed E-state index contributed by atoms with van der Waals surface area (Å²) in [6, 6.07) is 0.764. The van der Waals surface area contributed by atoms with Gasteiger partial charge in [0.1, 0.15) is 0 Å². The van der Waals surface area contributed by atoms with E-state index in [1.54, 1.807) is 0 Å². The summed E-state index contributed by atoms with van der Waals surface area (Å²) in [5.41, 5.74) is 0. The Morgan fingerprint density at radius 3 is 2.62 bits per heavy atom. The number of nitrogens with one attached hydrogen (secondary N) is 1. The largest absolute Gasteiger partial charge is 0.315 e. The first-order valence-electron chi connectivity index (χ1n) is 5.65. The predicted octanol–water partition coefficient (Wildman–Crippen LogP) is 1.72. The second-order valence-corrected chi connectivity index (χ2v) is 4.62. The van der Waals surface area contributed by atoms with E-state index in [9.17, 15) is 0 Å². The molecule has 0 aromatic rings. The zero-order valence-corrected chi connectivity index (χ0v) is 9.34. The lowest BCUT2D eigenvalue weighted by Gasteiger charge is -2.28. The van der Waals surface area contributed by atoms with E-state index < -0.39 is 0 Å². The molecule has 1 aliphatic rings. The number of rotatable bonds is 3. The smallest absolute Gasteiger partial charge is 0.0110 e. The standard InChI is InChI=1S/C11H24N2/c1-10(2)9-11(3)13-7-4-5-12-6-8-13/h10-12H,4-9H2,1-3H3. The van der Waals surface area contributed by atoms with Crippen LogP contribution in [0.1, 0.15) is 33.6 Å². The van der Waals surface area contributed by atoms with Gasteiger partial charge in [0.2, 0.25) is 0 Å². The molecule has 2 nitrogen and oxygen atoms in total. The Morgan fingerprint density at radius 1 is 1.15 bits per heavy atom. The molecule has 0 spiro atoms. The summed E-state index contributed by atoms with van der Waals surface area (Å²) in [6.07, 6.45) is 2.64. The SMILES string of the molecule is CC(C)CC(C)N1CCCNCC1. The fourth-order valence-corrected chi connectivity index (χ4v) is 2.14. The highest BCUT2D eigenvalue weighted by Crippen LogP contribution is 2.11. The van der Waals surface area contributed by atoms with Gasteiger partial charge in [-0.05, 0) is 38.8 Å². The Bertz CT molecular complexity index is 126. The molecule has 1 heterocycles. The van der Waals surface area contributed by atoms with E-state index in [0.717, 1.165) is 12.0 Å². The van der Waals surface area contributed by atoms with Crippen molar-refractivity contribution >= 4 is 0 Å². The molecule has 0 aliphatic carbocycles. The van der Waals surface area contributed by atoms with Gasteiger partial charge in [-0.15, -0.1) is 0 Å². The van der Waals surface area contributed by atoms with E-state index in [0.29, 0.717) is 0 Å². The van der Waals surface area contributed by atoms with Gasteiger partial charge in [-0.2, -0.15) is 0 Å². The summed E-state index contributed by atoms with van der Waals surface area (Å²) >= 11 is 0. The highest BCUT2D eigenvalue weighted by molar-refractivity contribution is 4.72. The molecule has 2 heteroatoms. The first kappa shape index (κ1) is 11.0. The maximum absolute atomic E-state index is 3.44. The van der Waals surface area contributed by atoms with Gasteiger partial charge in [-0.1, -0.05) is 13.8 Å². The lowest BCUT2D eigenvalue weighted by Crippen LogP contribution is -2.36. The minimum absolute atomic E-state index is 0.764. The second-order valence-electron chi connectivity index (χ2n) is 4.62. The van der Waals surface area contributed by atoms with Crippen molar-refractivity contribution in [2.75, 3.05) is 26.2 Å². The van der Waals surface area contributed by atoms with E-state index >= 15 is 0 Å². The zero-order chi connectivity index (χ0) is 9.68. The van der Waals surface area contributed by atoms with Crippen molar-refractivity contribution in [3.05, 3.63) is 0 Å². The summed E-state index contributed by atoms with van der Waals surface area (Å²) in [5, 5.41) is 3.44. The van der Waals surface area contributed by atoms with Crippen LogP contribution < -0.4 is 5.32 Å². The van der Waals surface area contributed by atoms with Crippen molar-refractivity contribution < 1.29 is 0 Å². The molecule has 1 aliphatic heterocycles. The summed E-state index contributed by atoms with van der Waals surface area (Å²) in [7, 11) is 0. The third kappa shape index (κ3) is 4.10. The molecule has 0 aromatic carbocycles. The van der Waals surface area contributed by atoms with Gasteiger partial charge in [0.25, 0.3) is 0 Å². The molecule has 0 radical (unpaired) electrons.